The number of thiocarbonyl (C=S) groups is 1. The number of para-hydroxylation sites is 1. The molecule has 0 heterocycles. The Balaban J connectivity index is 2.37. The Bertz CT molecular complexity index is 644. The summed E-state index contributed by atoms with van der Waals surface area (Å²) in [6, 6.07) is 16.1. The smallest absolute Gasteiger partial charge is 0.332 e. The summed E-state index contributed by atoms with van der Waals surface area (Å²) in [7, 11) is 1.36. The second-order valence-corrected chi connectivity index (χ2v) is 4.86. The van der Waals surface area contributed by atoms with Gasteiger partial charge in [-0.3, -0.25) is 0 Å². The van der Waals surface area contributed by atoms with E-state index in [0.717, 1.165) is 5.56 Å². The van der Waals surface area contributed by atoms with E-state index in [4.69, 9.17) is 22.7 Å². The van der Waals surface area contributed by atoms with Gasteiger partial charge in [0.1, 0.15) is 4.99 Å². The number of carbonyl (C=O) groups is 1. The SMILES string of the molecule is COC(=O)C(Nc1ccccc1C(N)=S)c1ccccc1. The summed E-state index contributed by atoms with van der Waals surface area (Å²) in [5.41, 5.74) is 7.91. The van der Waals surface area contributed by atoms with Crippen molar-refractivity contribution in [2.45, 2.75) is 6.04 Å². The molecule has 0 aliphatic heterocycles. The molecule has 0 fully saturated rings. The topological polar surface area (TPSA) is 64.3 Å². The number of methoxy groups -OCH3 is 1. The minimum Gasteiger partial charge on any atom is -0.467 e. The first kappa shape index (κ1) is 15.0. The average Bonchev–Trinajstić information content (AvgIpc) is 2.53. The van der Waals surface area contributed by atoms with Crippen LogP contribution in [0.15, 0.2) is 54.6 Å². The van der Waals surface area contributed by atoms with E-state index < -0.39 is 6.04 Å². The quantitative estimate of drug-likeness (QED) is 0.656. The number of nitrogens with one attached hydrogen (secondary N) is 1. The Kier molecular flexibility index (Phi) is 4.90. The van der Waals surface area contributed by atoms with Gasteiger partial charge in [0.05, 0.1) is 7.11 Å². The van der Waals surface area contributed by atoms with Crippen LogP contribution in [0.5, 0.6) is 0 Å². The second-order valence-electron chi connectivity index (χ2n) is 4.42. The fraction of sp³-hybridized carbons (Fsp3) is 0.125. The molecule has 21 heavy (non-hydrogen) atoms. The Labute approximate surface area is 128 Å². The van der Waals surface area contributed by atoms with Gasteiger partial charge in [-0.2, -0.15) is 0 Å². The Morgan fingerprint density at radius 2 is 1.76 bits per heavy atom. The van der Waals surface area contributed by atoms with E-state index in [0.29, 0.717) is 11.3 Å². The van der Waals surface area contributed by atoms with Crippen LogP contribution in [0.3, 0.4) is 0 Å². The van der Waals surface area contributed by atoms with E-state index in [9.17, 15) is 4.79 Å². The third-order valence-corrected chi connectivity index (χ3v) is 3.28. The summed E-state index contributed by atoms with van der Waals surface area (Å²) in [6.07, 6.45) is 0. The lowest BCUT2D eigenvalue weighted by Crippen LogP contribution is -2.24. The van der Waals surface area contributed by atoms with Crippen LogP contribution < -0.4 is 11.1 Å². The largest absolute Gasteiger partial charge is 0.467 e. The second kappa shape index (κ2) is 6.85. The van der Waals surface area contributed by atoms with E-state index >= 15 is 0 Å². The number of esters is 1. The molecule has 2 aromatic carbocycles. The molecule has 108 valence electrons. The number of anilines is 1. The molecule has 1 unspecified atom stereocenters. The molecule has 0 aliphatic rings. The summed E-state index contributed by atoms with van der Waals surface area (Å²) < 4.78 is 4.87. The van der Waals surface area contributed by atoms with Gasteiger partial charge in [0.25, 0.3) is 0 Å². The molecular formula is C16H16N2O2S. The van der Waals surface area contributed by atoms with Gasteiger partial charge in [0.2, 0.25) is 0 Å². The molecule has 5 heteroatoms. The molecule has 0 aliphatic carbocycles. The molecule has 3 N–H and O–H groups in total. The molecule has 0 saturated carbocycles. The summed E-state index contributed by atoms with van der Waals surface area (Å²) >= 11 is 5.03. The summed E-state index contributed by atoms with van der Waals surface area (Å²) in [4.78, 5) is 12.3. The van der Waals surface area contributed by atoms with Crippen LogP contribution >= 0.6 is 12.2 Å². The van der Waals surface area contributed by atoms with Gasteiger partial charge in [-0.1, -0.05) is 54.7 Å². The lowest BCUT2D eigenvalue weighted by Gasteiger charge is -2.20. The van der Waals surface area contributed by atoms with Crippen molar-refractivity contribution in [1.29, 1.82) is 0 Å². The average molecular weight is 300 g/mol. The van der Waals surface area contributed by atoms with Crippen LogP contribution in [0.2, 0.25) is 0 Å². The predicted octanol–water partition coefficient (Wildman–Crippen LogP) is 2.65. The van der Waals surface area contributed by atoms with Gasteiger partial charge < -0.3 is 15.8 Å². The fourth-order valence-electron chi connectivity index (χ4n) is 2.02. The normalized spacial score (nSPS) is 11.5. The highest BCUT2D eigenvalue weighted by molar-refractivity contribution is 7.80. The van der Waals surface area contributed by atoms with Crippen LogP contribution in [0, 0.1) is 0 Å². The lowest BCUT2D eigenvalue weighted by atomic mass is 10.1. The van der Waals surface area contributed by atoms with Crippen LogP contribution in [-0.2, 0) is 9.53 Å². The maximum absolute atomic E-state index is 12.0. The molecule has 0 bridgehead atoms. The molecule has 0 spiro atoms. The molecule has 0 saturated heterocycles. The zero-order valence-corrected chi connectivity index (χ0v) is 12.4. The highest BCUT2D eigenvalue weighted by Gasteiger charge is 2.22. The van der Waals surface area contributed by atoms with Crippen molar-refractivity contribution < 1.29 is 9.53 Å². The number of hydrogen-bond donors (Lipinski definition) is 2. The zero-order chi connectivity index (χ0) is 15.2. The molecule has 1 atom stereocenters. The number of carbonyl (C=O) groups excluding carboxylic acids is 1. The molecule has 4 nitrogen and oxygen atoms in total. The van der Waals surface area contributed by atoms with Crippen LogP contribution in [0.1, 0.15) is 17.2 Å². The minimum absolute atomic E-state index is 0.273. The molecule has 0 aromatic heterocycles. The first-order chi connectivity index (χ1) is 10.1. The minimum atomic E-state index is -0.619. The fourth-order valence-corrected chi connectivity index (χ4v) is 2.20. The highest BCUT2D eigenvalue weighted by Crippen LogP contribution is 2.23. The van der Waals surface area contributed by atoms with E-state index in [2.05, 4.69) is 5.32 Å². The Morgan fingerprint density at radius 1 is 1.14 bits per heavy atom. The van der Waals surface area contributed by atoms with E-state index in [1.54, 1.807) is 0 Å². The predicted molar refractivity (Wildman–Crippen MR) is 87.2 cm³/mol. The van der Waals surface area contributed by atoms with Gasteiger partial charge in [-0.15, -0.1) is 0 Å². The monoisotopic (exact) mass is 300 g/mol. The maximum atomic E-state index is 12.0. The van der Waals surface area contributed by atoms with Crippen LogP contribution in [0.25, 0.3) is 0 Å². The first-order valence-electron chi connectivity index (χ1n) is 6.41. The van der Waals surface area contributed by atoms with Crippen molar-refractivity contribution in [3.05, 3.63) is 65.7 Å². The van der Waals surface area contributed by atoms with Gasteiger partial charge in [0.15, 0.2) is 6.04 Å². The van der Waals surface area contributed by atoms with Crippen molar-refractivity contribution in [3.63, 3.8) is 0 Å². The summed E-state index contributed by atoms with van der Waals surface area (Å²) in [5, 5.41) is 3.15. The molecule has 0 amide bonds. The van der Waals surface area contributed by atoms with Gasteiger partial charge in [0, 0.05) is 11.3 Å². The highest BCUT2D eigenvalue weighted by atomic mass is 32.1. The molecule has 2 aromatic rings. The number of nitrogens with two attached hydrogens (primary N) is 1. The van der Waals surface area contributed by atoms with Crippen LogP contribution in [0.4, 0.5) is 5.69 Å². The lowest BCUT2D eigenvalue weighted by molar-refractivity contribution is -0.141. The van der Waals surface area contributed by atoms with Crippen molar-refractivity contribution in [3.8, 4) is 0 Å². The van der Waals surface area contributed by atoms with Crippen molar-refractivity contribution in [2.75, 3.05) is 12.4 Å². The first-order valence-corrected chi connectivity index (χ1v) is 6.82. The third kappa shape index (κ3) is 3.58. The standard InChI is InChI=1S/C16H16N2O2S/c1-20-16(19)14(11-7-3-2-4-8-11)18-13-10-6-5-9-12(13)15(17)21/h2-10,14,18H,1H3,(H2,17,21). The van der Waals surface area contributed by atoms with Crippen molar-refractivity contribution >= 4 is 28.9 Å². The van der Waals surface area contributed by atoms with Gasteiger partial charge in [-0.25, -0.2) is 4.79 Å². The van der Waals surface area contributed by atoms with Crippen LogP contribution in [-0.4, -0.2) is 18.1 Å². The number of rotatable bonds is 5. The van der Waals surface area contributed by atoms with Crippen molar-refractivity contribution in [2.24, 2.45) is 5.73 Å². The van der Waals surface area contributed by atoms with E-state index in [1.165, 1.54) is 7.11 Å². The van der Waals surface area contributed by atoms with Gasteiger partial charge >= 0.3 is 5.97 Å². The summed E-state index contributed by atoms with van der Waals surface area (Å²) in [6.45, 7) is 0. The summed E-state index contributed by atoms with van der Waals surface area (Å²) in [5.74, 6) is -0.376. The number of hydrogen-bond acceptors (Lipinski definition) is 4. The molecule has 0 radical (unpaired) electrons. The zero-order valence-electron chi connectivity index (χ0n) is 11.6. The maximum Gasteiger partial charge on any atom is 0.332 e. The van der Waals surface area contributed by atoms with E-state index in [-0.39, 0.29) is 11.0 Å². The molecular weight excluding hydrogens is 284 g/mol. The van der Waals surface area contributed by atoms with Gasteiger partial charge in [-0.05, 0) is 17.7 Å². The Hall–Kier alpha value is -2.40. The number of ether oxygens (including phenoxy) is 1. The third-order valence-electron chi connectivity index (χ3n) is 3.06. The van der Waals surface area contributed by atoms with E-state index in [1.807, 2.05) is 54.6 Å². The van der Waals surface area contributed by atoms with Crippen molar-refractivity contribution in [1.82, 2.24) is 0 Å². The number of benzene rings is 2. The molecule has 2 rings (SSSR count). The Morgan fingerprint density at radius 3 is 2.38 bits per heavy atom.